The van der Waals surface area contributed by atoms with Crippen LogP contribution in [-0.2, 0) is 6.42 Å². The third-order valence-corrected chi connectivity index (χ3v) is 5.17. The maximum atomic E-state index is 13.6. The molecule has 0 N–H and O–H groups in total. The van der Waals surface area contributed by atoms with E-state index in [2.05, 4.69) is 16.0 Å². The number of rotatable bonds is 1. The van der Waals surface area contributed by atoms with Crippen LogP contribution in [0.5, 0.6) is 0 Å². The molecule has 0 spiro atoms. The molecule has 112 valence electrons. The third-order valence-electron chi connectivity index (χ3n) is 3.97. The van der Waals surface area contributed by atoms with E-state index < -0.39 is 0 Å². The van der Waals surface area contributed by atoms with Crippen molar-refractivity contribution in [2.75, 3.05) is 18.5 Å². The van der Waals surface area contributed by atoms with Crippen LogP contribution in [0.4, 0.5) is 10.1 Å². The molecule has 22 heavy (non-hydrogen) atoms. The van der Waals surface area contributed by atoms with Crippen LogP contribution in [0.15, 0.2) is 34.9 Å². The smallest absolute Gasteiger partial charge is 0.236 e. The minimum Gasteiger partial charge on any atom is -0.444 e. The fourth-order valence-electron chi connectivity index (χ4n) is 2.84. The molecule has 3 nitrogen and oxygen atoms in total. The summed E-state index contributed by atoms with van der Waals surface area (Å²) in [6, 6.07) is 7.15. The summed E-state index contributed by atoms with van der Waals surface area (Å²) in [6.45, 7) is 2.78. The van der Waals surface area contributed by atoms with Crippen LogP contribution in [0.1, 0.15) is 11.3 Å². The zero-order valence-electron chi connectivity index (χ0n) is 12.4. The zero-order valence-corrected chi connectivity index (χ0v) is 13.2. The Balaban J connectivity index is 1.88. The SMILES string of the molecule is Cc1coc(-c2cc3c(s2)-c2ccc(F)cc2N(C)CC3)n1. The van der Waals surface area contributed by atoms with Gasteiger partial charge in [0.05, 0.1) is 10.6 Å². The molecule has 1 aromatic carbocycles. The van der Waals surface area contributed by atoms with Crippen LogP contribution in [0.25, 0.3) is 21.2 Å². The van der Waals surface area contributed by atoms with Crippen molar-refractivity contribution in [3.05, 3.63) is 47.6 Å². The fraction of sp³-hybridized carbons (Fsp3) is 0.235. The van der Waals surface area contributed by atoms with Crippen LogP contribution in [0.2, 0.25) is 0 Å². The van der Waals surface area contributed by atoms with E-state index in [9.17, 15) is 4.39 Å². The maximum absolute atomic E-state index is 13.6. The number of nitrogens with zero attached hydrogens (tertiary/aromatic N) is 2. The number of hydrogen-bond acceptors (Lipinski definition) is 4. The number of benzene rings is 1. The summed E-state index contributed by atoms with van der Waals surface area (Å²) in [5, 5.41) is 0. The van der Waals surface area contributed by atoms with Crippen molar-refractivity contribution in [1.82, 2.24) is 4.98 Å². The Morgan fingerprint density at radius 3 is 2.95 bits per heavy atom. The molecule has 1 aliphatic rings. The van der Waals surface area contributed by atoms with Gasteiger partial charge in [0.25, 0.3) is 0 Å². The van der Waals surface area contributed by atoms with Crippen LogP contribution in [-0.4, -0.2) is 18.6 Å². The standard InChI is InChI=1S/C17H15FN2OS/c1-10-9-21-17(19-10)15-7-11-5-6-20(2)14-8-12(18)3-4-13(14)16(11)22-15/h3-4,7-9H,5-6H2,1-2H3. The van der Waals surface area contributed by atoms with Crippen molar-refractivity contribution < 1.29 is 8.81 Å². The van der Waals surface area contributed by atoms with Crippen molar-refractivity contribution in [2.45, 2.75) is 13.3 Å². The van der Waals surface area contributed by atoms with E-state index in [-0.39, 0.29) is 5.82 Å². The molecule has 0 bridgehead atoms. The van der Waals surface area contributed by atoms with Gasteiger partial charge in [0.2, 0.25) is 5.89 Å². The van der Waals surface area contributed by atoms with Gasteiger partial charge >= 0.3 is 0 Å². The molecule has 0 unspecified atom stereocenters. The molecule has 5 heteroatoms. The normalized spacial score (nSPS) is 13.7. The highest BCUT2D eigenvalue weighted by Crippen LogP contribution is 2.43. The van der Waals surface area contributed by atoms with Gasteiger partial charge in [0.15, 0.2) is 0 Å². The Hall–Kier alpha value is -2.14. The number of aryl methyl sites for hydroxylation is 1. The average molecular weight is 314 g/mol. The molecular weight excluding hydrogens is 299 g/mol. The summed E-state index contributed by atoms with van der Waals surface area (Å²) in [5.74, 6) is 0.460. The number of aromatic nitrogens is 1. The minimum atomic E-state index is -0.200. The highest BCUT2D eigenvalue weighted by Gasteiger charge is 2.22. The second-order valence-electron chi connectivity index (χ2n) is 5.59. The molecule has 0 aliphatic carbocycles. The second kappa shape index (κ2) is 4.95. The molecule has 0 saturated carbocycles. The number of oxazole rings is 1. The van der Waals surface area contributed by atoms with Gasteiger partial charge < -0.3 is 9.32 Å². The van der Waals surface area contributed by atoms with Gasteiger partial charge in [-0.15, -0.1) is 11.3 Å². The maximum Gasteiger partial charge on any atom is 0.236 e. The van der Waals surface area contributed by atoms with E-state index >= 15 is 0 Å². The molecule has 0 saturated heterocycles. The van der Waals surface area contributed by atoms with E-state index in [0.717, 1.165) is 34.8 Å². The first-order chi connectivity index (χ1) is 10.6. The summed E-state index contributed by atoms with van der Waals surface area (Å²) < 4.78 is 19.1. The van der Waals surface area contributed by atoms with Gasteiger partial charge in [-0.1, -0.05) is 0 Å². The van der Waals surface area contributed by atoms with Crippen molar-refractivity contribution in [3.63, 3.8) is 0 Å². The monoisotopic (exact) mass is 314 g/mol. The van der Waals surface area contributed by atoms with Crippen molar-refractivity contribution in [2.24, 2.45) is 0 Å². The fourth-order valence-corrected chi connectivity index (χ4v) is 4.01. The first-order valence-corrected chi connectivity index (χ1v) is 8.00. The third kappa shape index (κ3) is 2.13. The summed E-state index contributed by atoms with van der Waals surface area (Å²) in [4.78, 5) is 8.73. The van der Waals surface area contributed by atoms with Crippen LogP contribution < -0.4 is 4.90 Å². The number of likely N-dealkylation sites (N-methyl/N-ethyl adjacent to an activating group) is 1. The molecule has 0 radical (unpaired) electrons. The van der Waals surface area contributed by atoms with Crippen LogP contribution >= 0.6 is 11.3 Å². The van der Waals surface area contributed by atoms with E-state index in [0.29, 0.717) is 5.89 Å². The Morgan fingerprint density at radius 1 is 1.32 bits per heavy atom. The molecule has 0 atom stereocenters. The van der Waals surface area contributed by atoms with Gasteiger partial charge in [0, 0.05) is 29.7 Å². The summed E-state index contributed by atoms with van der Waals surface area (Å²) in [7, 11) is 2.01. The number of fused-ring (bicyclic) bond motifs is 3. The Labute approximate surface area is 132 Å². The van der Waals surface area contributed by atoms with E-state index in [1.807, 2.05) is 20.0 Å². The first kappa shape index (κ1) is 13.5. The Morgan fingerprint density at radius 2 is 2.18 bits per heavy atom. The second-order valence-corrected chi connectivity index (χ2v) is 6.64. The van der Waals surface area contributed by atoms with Crippen molar-refractivity contribution >= 4 is 17.0 Å². The highest BCUT2D eigenvalue weighted by atomic mass is 32.1. The molecule has 4 rings (SSSR count). The van der Waals surface area contributed by atoms with Gasteiger partial charge in [-0.2, -0.15) is 0 Å². The summed E-state index contributed by atoms with van der Waals surface area (Å²) >= 11 is 1.66. The van der Waals surface area contributed by atoms with Crippen molar-refractivity contribution in [1.29, 1.82) is 0 Å². The number of anilines is 1. The number of thiophene rings is 1. The quantitative estimate of drug-likeness (QED) is 0.662. The predicted octanol–water partition coefficient (Wildman–Crippen LogP) is 4.51. The average Bonchev–Trinajstić information content (AvgIpc) is 3.08. The molecule has 1 aliphatic heterocycles. The predicted molar refractivity (Wildman–Crippen MR) is 86.9 cm³/mol. The number of halogens is 1. The van der Waals surface area contributed by atoms with Gasteiger partial charge in [0.1, 0.15) is 12.1 Å². The topological polar surface area (TPSA) is 29.3 Å². The van der Waals surface area contributed by atoms with E-state index in [4.69, 9.17) is 4.42 Å². The summed E-state index contributed by atoms with van der Waals surface area (Å²) in [6.07, 6.45) is 2.59. The van der Waals surface area contributed by atoms with E-state index in [1.54, 1.807) is 23.7 Å². The molecule has 3 heterocycles. The largest absolute Gasteiger partial charge is 0.444 e. The van der Waals surface area contributed by atoms with Crippen LogP contribution in [0, 0.1) is 12.7 Å². The lowest BCUT2D eigenvalue weighted by molar-refractivity contribution is 0.575. The zero-order chi connectivity index (χ0) is 15.3. The Kier molecular flexibility index (Phi) is 3.04. The molecule has 0 fully saturated rings. The van der Waals surface area contributed by atoms with Crippen molar-refractivity contribution in [3.8, 4) is 21.2 Å². The number of hydrogen-bond donors (Lipinski definition) is 0. The first-order valence-electron chi connectivity index (χ1n) is 7.18. The van der Waals surface area contributed by atoms with Gasteiger partial charge in [-0.05, 0) is 43.2 Å². The van der Waals surface area contributed by atoms with E-state index in [1.165, 1.54) is 16.5 Å². The highest BCUT2D eigenvalue weighted by molar-refractivity contribution is 7.19. The van der Waals surface area contributed by atoms with Gasteiger partial charge in [-0.25, -0.2) is 9.37 Å². The lowest BCUT2D eigenvalue weighted by Gasteiger charge is -2.19. The Bertz CT molecular complexity index is 852. The molecular formula is C17H15FN2OS. The van der Waals surface area contributed by atoms with Gasteiger partial charge in [-0.3, -0.25) is 0 Å². The lowest BCUT2D eigenvalue weighted by atomic mass is 10.1. The molecule has 2 aromatic heterocycles. The lowest BCUT2D eigenvalue weighted by Crippen LogP contribution is -2.19. The molecule has 0 amide bonds. The molecule has 3 aromatic rings. The van der Waals surface area contributed by atoms with Crippen LogP contribution in [0.3, 0.4) is 0 Å². The minimum absolute atomic E-state index is 0.200. The summed E-state index contributed by atoms with van der Waals surface area (Å²) in [5.41, 5.74) is 4.17.